The minimum atomic E-state index is -0.928. The number of benzene rings is 1. The van der Waals surface area contributed by atoms with Gasteiger partial charge in [-0.2, -0.15) is 0 Å². The predicted octanol–water partition coefficient (Wildman–Crippen LogP) is 2.88. The van der Waals surface area contributed by atoms with Crippen LogP contribution in [0.5, 0.6) is 5.75 Å². The molecule has 2 fully saturated rings. The third-order valence-electron chi connectivity index (χ3n) is 6.56. The second-order valence-corrected chi connectivity index (χ2v) is 8.64. The van der Waals surface area contributed by atoms with Crippen LogP contribution in [-0.4, -0.2) is 64.6 Å². The van der Waals surface area contributed by atoms with Crippen molar-refractivity contribution in [1.29, 1.82) is 0 Å². The second kappa shape index (κ2) is 9.29. The lowest BCUT2D eigenvalue weighted by Gasteiger charge is -2.42. The number of hydrogen-bond donors (Lipinski definition) is 0. The maximum atomic E-state index is 14.0. The molecule has 0 N–H and O–H groups in total. The number of rotatable bonds is 6. The summed E-state index contributed by atoms with van der Waals surface area (Å²) in [6, 6.07) is 17.8. The zero-order valence-corrected chi connectivity index (χ0v) is 18.8. The zero-order chi connectivity index (χ0) is 22.7. The van der Waals surface area contributed by atoms with Crippen molar-refractivity contribution in [3.05, 3.63) is 90.0 Å². The number of amides is 1. The van der Waals surface area contributed by atoms with E-state index in [-0.39, 0.29) is 11.8 Å². The summed E-state index contributed by atoms with van der Waals surface area (Å²) in [5.74, 6) is 0.754. The highest BCUT2D eigenvalue weighted by Crippen LogP contribution is 2.42. The molecule has 7 heteroatoms. The van der Waals surface area contributed by atoms with Crippen LogP contribution in [0.4, 0.5) is 0 Å². The first-order valence-electron chi connectivity index (χ1n) is 11.3. The highest BCUT2D eigenvalue weighted by Gasteiger charge is 2.57. The Morgan fingerprint density at radius 1 is 1.09 bits per heavy atom. The minimum absolute atomic E-state index is 0.0435. The molecule has 1 amide bonds. The van der Waals surface area contributed by atoms with E-state index in [9.17, 15) is 4.79 Å². The van der Waals surface area contributed by atoms with Crippen LogP contribution in [-0.2, 0) is 22.6 Å². The molecule has 0 saturated carbocycles. The first-order valence-corrected chi connectivity index (χ1v) is 11.3. The molecular weight excluding hydrogens is 416 g/mol. The fraction of sp³-hybridized carbons (Fsp3) is 0.346. The van der Waals surface area contributed by atoms with Crippen LogP contribution in [0.25, 0.3) is 0 Å². The van der Waals surface area contributed by atoms with E-state index in [0.29, 0.717) is 39.3 Å². The van der Waals surface area contributed by atoms with Crippen LogP contribution in [0.3, 0.4) is 0 Å². The van der Waals surface area contributed by atoms with Crippen molar-refractivity contribution in [2.24, 2.45) is 0 Å². The Hall–Kier alpha value is -3.29. The average molecular weight is 445 g/mol. The van der Waals surface area contributed by atoms with Gasteiger partial charge in [-0.3, -0.25) is 19.7 Å². The highest BCUT2D eigenvalue weighted by atomic mass is 16.5. The zero-order valence-electron chi connectivity index (χ0n) is 18.8. The molecule has 3 aromatic rings. The molecule has 0 unspecified atom stereocenters. The molecule has 0 radical (unpaired) electrons. The van der Waals surface area contributed by atoms with Gasteiger partial charge in [0.15, 0.2) is 5.60 Å². The lowest BCUT2D eigenvalue weighted by molar-refractivity contribution is -0.173. The molecule has 1 aromatic carbocycles. The van der Waals surface area contributed by atoms with Crippen LogP contribution in [0, 0.1) is 0 Å². The van der Waals surface area contributed by atoms with E-state index in [0.717, 1.165) is 22.6 Å². The third-order valence-corrected chi connectivity index (χ3v) is 6.56. The van der Waals surface area contributed by atoms with Crippen LogP contribution >= 0.6 is 0 Å². The number of morpholine rings is 1. The Morgan fingerprint density at radius 3 is 2.70 bits per heavy atom. The number of carbonyl (C=O) groups is 1. The molecule has 2 aliphatic heterocycles. The molecule has 33 heavy (non-hydrogen) atoms. The van der Waals surface area contributed by atoms with E-state index in [1.165, 1.54) is 0 Å². The molecule has 2 aliphatic rings. The standard InChI is InChI=1S/C26H28N4O3/c1-32-23-9-7-20(8-10-23)16-30-13-14-33-26(25(30)31)19-29(17-22-6-2-3-12-28-22)18-24(26)21-5-4-11-27-15-21/h2-12,15,24H,13-14,16-19H2,1H3/t24-,26-/m1/s1. The smallest absolute Gasteiger partial charge is 0.257 e. The summed E-state index contributed by atoms with van der Waals surface area (Å²) in [5, 5.41) is 0. The molecule has 7 nitrogen and oxygen atoms in total. The Bertz CT molecular complexity index is 1080. The van der Waals surface area contributed by atoms with Gasteiger partial charge in [0.1, 0.15) is 5.75 Å². The van der Waals surface area contributed by atoms with Gasteiger partial charge in [0.2, 0.25) is 0 Å². The molecule has 2 aromatic heterocycles. The summed E-state index contributed by atoms with van der Waals surface area (Å²) >= 11 is 0. The minimum Gasteiger partial charge on any atom is -0.497 e. The third kappa shape index (κ3) is 4.34. The molecule has 1 spiro atoms. The maximum Gasteiger partial charge on any atom is 0.257 e. The number of hydrogen-bond acceptors (Lipinski definition) is 6. The van der Waals surface area contributed by atoms with Gasteiger partial charge in [0.05, 0.1) is 19.4 Å². The predicted molar refractivity (Wildman–Crippen MR) is 124 cm³/mol. The first kappa shape index (κ1) is 21.6. The molecule has 2 saturated heterocycles. The van der Waals surface area contributed by atoms with E-state index < -0.39 is 5.60 Å². The molecule has 0 bridgehead atoms. The number of ether oxygens (including phenoxy) is 2. The van der Waals surface area contributed by atoms with Gasteiger partial charge in [-0.05, 0) is 41.5 Å². The molecule has 170 valence electrons. The van der Waals surface area contributed by atoms with Gasteiger partial charge < -0.3 is 14.4 Å². The number of likely N-dealkylation sites (tertiary alicyclic amines) is 1. The summed E-state index contributed by atoms with van der Waals surface area (Å²) in [5.41, 5.74) is 2.16. The van der Waals surface area contributed by atoms with Gasteiger partial charge in [0, 0.05) is 57.2 Å². The molecule has 0 aliphatic carbocycles. The van der Waals surface area contributed by atoms with Crippen molar-refractivity contribution in [3.63, 3.8) is 0 Å². The van der Waals surface area contributed by atoms with Crippen molar-refractivity contribution in [2.45, 2.75) is 24.6 Å². The van der Waals surface area contributed by atoms with E-state index in [2.05, 4.69) is 14.9 Å². The number of methoxy groups -OCH3 is 1. The molecule has 4 heterocycles. The largest absolute Gasteiger partial charge is 0.497 e. The number of pyridine rings is 2. The van der Waals surface area contributed by atoms with Crippen molar-refractivity contribution >= 4 is 5.91 Å². The average Bonchev–Trinajstić information content (AvgIpc) is 3.22. The van der Waals surface area contributed by atoms with Gasteiger partial charge >= 0.3 is 0 Å². The van der Waals surface area contributed by atoms with Crippen molar-refractivity contribution < 1.29 is 14.3 Å². The normalized spacial score (nSPS) is 23.2. The van der Waals surface area contributed by atoms with Crippen molar-refractivity contribution in [2.75, 3.05) is 33.4 Å². The number of aromatic nitrogens is 2. The summed E-state index contributed by atoms with van der Waals surface area (Å²) < 4.78 is 11.6. The lowest BCUT2D eigenvalue weighted by atomic mass is 9.83. The lowest BCUT2D eigenvalue weighted by Crippen LogP contribution is -2.59. The van der Waals surface area contributed by atoms with Gasteiger partial charge in [0.25, 0.3) is 5.91 Å². The van der Waals surface area contributed by atoms with Crippen LogP contribution in [0.2, 0.25) is 0 Å². The summed E-state index contributed by atoms with van der Waals surface area (Å²) in [6.07, 6.45) is 5.42. The van der Waals surface area contributed by atoms with E-state index in [1.807, 2.05) is 65.7 Å². The van der Waals surface area contributed by atoms with E-state index in [1.54, 1.807) is 19.5 Å². The highest BCUT2D eigenvalue weighted by molar-refractivity contribution is 5.88. The Morgan fingerprint density at radius 2 is 1.97 bits per heavy atom. The summed E-state index contributed by atoms with van der Waals surface area (Å²) in [6.45, 7) is 3.55. The second-order valence-electron chi connectivity index (χ2n) is 8.64. The van der Waals surface area contributed by atoms with Crippen LogP contribution in [0.15, 0.2) is 73.2 Å². The topological polar surface area (TPSA) is 67.8 Å². The van der Waals surface area contributed by atoms with Crippen molar-refractivity contribution in [3.8, 4) is 5.75 Å². The number of nitrogens with zero attached hydrogens (tertiary/aromatic N) is 4. The molecule has 2 atom stereocenters. The summed E-state index contributed by atoms with van der Waals surface area (Å²) in [7, 11) is 1.65. The van der Waals surface area contributed by atoms with Crippen LogP contribution < -0.4 is 4.74 Å². The maximum absolute atomic E-state index is 14.0. The Kier molecular flexibility index (Phi) is 6.07. The van der Waals surface area contributed by atoms with Gasteiger partial charge in [-0.25, -0.2) is 0 Å². The number of carbonyl (C=O) groups excluding carboxylic acids is 1. The fourth-order valence-corrected chi connectivity index (χ4v) is 4.94. The van der Waals surface area contributed by atoms with E-state index in [4.69, 9.17) is 9.47 Å². The van der Waals surface area contributed by atoms with Gasteiger partial charge in [-0.15, -0.1) is 0 Å². The van der Waals surface area contributed by atoms with Gasteiger partial charge in [-0.1, -0.05) is 24.3 Å². The Balaban J connectivity index is 1.42. The monoisotopic (exact) mass is 444 g/mol. The fourth-order valence-electron chi connectivity index (χ4n) is 4.94. The molecular formula is C26H28N4O3. The van der Waals surface area contributed by atoms with E-state index >= 15 is 0 Å². The van der Waals surface area contributed by atoms with Crippen LogP contribution in [0.1, 0.15) is 22.7 Å². The summed E-state index contributed by atoms with van der Waals surface area (Å²) in [4.78, 5) is 27.0. The first-order chi connectivity index (χ1) is 16.2. The van der Waals surface area contributed by atoms with Crippen molar-refractivity contribution in [1.82, 2.24) is 19.8 Å². The Labute approximate surface area is 194 Å². The quantitative estimate of drug-likeness (QED) is 0.583. The SMILES string of the molecule is COc1ccc(CN2CCO[C@@]3(CN(Cc4ccccn4)C[C@@H]3c3cccnc3)C2=O)cc1. The molecule has 5 rings (SSSR count).